The summed E-state index contributed by atoms with van der Waals surface area (Å²) in [5.74, 6) is 1.49. The van der Waals surface area contributed by atoms with E-state index in [1.807, 2.05) is 0 Å². The smallest absolute Gasteiger partial charge is 0.164 e. The third kappa shape index (κ3) is 6.04. The first-order chi connectivity index (χ1) is 11.1. The van der Waals surface area contributed by atoms with Crippen LogP contribution in [-0.2, 0) is 0 Å². The maximum Gasteiger partial charge on any atom is 0.164 e. The van der Waals surface area contributed by atoms with E-state index in [-0.39, 0.29) is 0 Å². The average molecular weight is 324 g/mol. The lowest BCUT2D eigenvalue weighted by molar-refractivity contribution is 0.100. The summed E-state index contributed by atoms with van der Waals surface area (Å²) in [7, 11) is 0. The summed E-state index contributed by atoms with van der Waals surface area (Å²) < 4.78 is 28.3. The van der Waals surface area contributed by atoms with Crippen molar-refractivity contribution in [2.24, 2.45) is 11.8 Å². The van der Waals surface area contributed by atoms with E-state index in [1.165, 1.54) is 76.4 Å². The fraction of sp³-hybridized carbons (Fsp3) is 0.810. The molecule has 0 aromatic heterocycles. The lowest BCUT2D eigenvalue weighted by Gasteiger charge is -2.31. The molecule has 2 atom stereocenters. The van der Waals surface area contributed by atoms with E-state index in [1.54, 1.807) is 12.2 Å². The van der Waals surface area contributed by atoms with Crippen LogP contribution in [0.2, 0.25) is 0 Å². The van der Waals surface area contributed by atoms with Crippen LogP contribution < -0.4 is 0 Å². The standard InChI is InChI=1S/C21H34F2/c1-2-3-4-5-6-9-18-11-13-19(14-12-18)15-17-21(23)16-8-7-10-20(21)22/h7-8,10,16,18-20H,2-6,9,11-15,17H2,1H3. The largest absolute Gasteiger partial charge is 0.239 e. The Hall–Kier alpha value is -0.660. The molecule has 1 saturated carbocycles. The molecule has 2 unspecified atom stereocenters. The highest BCUT2D eigenvalue weighted by Gasteiger charge is 2.37. The second-order valence-electron chi connectivity index (χ2n) is 7.70. The third-order valence-electron chi connectivity index (χ3n) is 5.84. The van der Waals surface area contributed by atoms with Gasteiger partial charge in [-0.3, -0.25) is 0 Å². The molecular formula is C21H34F2. The zero-order valence-corrected chi connectivity index (χ0v) is 14.8. The maximum atomic E-state index is 14.6. The fourth-order valence-electron chi connectivity index (χ4n) is 4.12. The van der Waals surface area contributed by atoms with Crippen LogP contribution in [0.3, 0.4) is 0 Å². The summed E-state index contributed by atoms with van der Waals surface area (Å²) in [5.41, 5.74) is -1.76. The summed E-state index contributed by atoms with van der Waals surface area (Å²) >= 11 is 0. The minimum absolute atomic E-state index is 0.335. The summed E-state index contributed by atoms with van der Waals surface area (Å²) in [6, 6.07) is 0. The van der Waals surface area contributed by atoms with Gasteiger partial charge in [0, 0.05) is 0 Å². The Morgan fingerprint density at radius 1 is 0.913 bits per heavy atom. The van der Waals surface area contributed by atoms with Crippen molar-refractivity contribution in [3.63, 3.8) is 0 Å². The van der Waals surface area contributed by atoms with Gasteiger partial charge >= 0.3 is 0 Å². The quantitative estimate of drug-likeness (QED) is 0.396. The normalized spacial score (nSPS) is 34.0. The Morgan fingerprint density at radius 2 is 1.57 bits per heavy atom. The number of unbranched alkanes of at least 4 members (excludes halogenated alkanes) is 4. The summed E-state index contributed by atoms with van der Waals surface area (Å²) in [6.07, 6.45) is 18.9. The van der Waals surface area contributed by atoms with Gasteiger partial charge in [0.05, 0.1) is 0 Å². The molecule has 0 aliphatic heterocycles. The number of allylic oxidation sites excluding steroid dienone is 4. The first-order valence-corrected chi connectivity index (χ1v) is 9.83. The lowest BCUT2D eigenvalue weighted by Crippen LogP contribution is -2.33. The van der Waals surface area contributed by atoms with Gasteiger partial charge in [-0.1, -0.05) is 83.3 Å². The fourth-order valence-corrected chi connectivity index (χ4v) is 4.12. The van der Waals surface area contributed by atoms with Crippen molar-refractivity contribution in [2.45, 2.75) is 95.8 Å². The van der Waals surface area contributed by atoms with Crippen molar-refractivity contribution >= 4 is 0 Å². The molecule has 2 aliphatic rings. The van der Waals surface area contributed by atoms with Crippen molar-refractivity contribution in [1.82, 2.24) is 0 Å². The van der Waals surface area contributed by atoms with Gasteiger partial charge in [-0.2, -0.15) is 0 Å². The van der Waals surface area contributed by atoms with E-state index in [9.17, 15) is 8.78 Å². The molecule has 0 amide bonds. The second kappa shape index (κ2) is 9.59. The van der Waals surface area contributed by atoms with Crippen molar-refractivity contribution in [2.75, 3.05) is 0 Å². The molecule has 2 heteroatoms. The summed E-state index contributed by atoms with van der Waals surface area (Å²) in [5, 5.41) is 0. The Bertz CT molecular complexity index is 379. The first-order valence-electron chi connectivity index (χ1n) is 9.83. The molecule has 2 aliphatic carbocycles. The Balaban J connectivity index is 1.60. The van der Waals surface area contributed by atoms with Gasteiger partial charge in [0.1, 0.15) is 0 Å². The van der Waals surface area contributed by atoms with Crippen LogP contribution >= 0.6 is 0 Å². The van der Waals surface area contributed by atoms with E-state index in [0.29, 0.717) is 12.3 Å². The predicted octanol–water partition coefficient (Wildman–Crippen LogP) is 7.11. The van der Waals surface area contributed by atoms with Crippen LogP contribution in [0.5, 0.6) is 0 Å². The summed E-state index contributed by atoms with van der Waals surface area (Å²) in [4.78, 5) is 0. The molecule has 0 aromatic rings. The van der Waals surface area contributed by atoms with Crippen LogP contribution in [0.4, 0.5) is 8.78 Å². The Kier molecular flexibility index (Phi) is 7.79. The van der Waals surface area contributed by atoms with E-state index in [2.05, 4.69) is 6.92 Å². The highest BCUT2D eigenvalue weighted by Crippen LogP contribution is 2.38. The van der Waals surface area contributed by atoms with Gasteiger partial charge in [-0.05, 0) is 36.8 Å². The van der Waals surface area contributed by atoms with Crippen molar-refractivity contribution in [3.05, 3.63) is 24.3 Å². The first kappa shape index (κ1) is 18.7. The van der Waals surface area contributed by atoms with Crippen LogP contribution in [0.25, 0.3) is 0 Å². The molecule has 0 heterocycles. The van der Waals surface area contributed by atoms with Crippen LogP contribution in [-0.4, -0.2) is 11.8 Å². The molecule has 2 rings (SSSR count). The highest BCUT2D eigenvalue weighted by atomic mass is 19.2. The SMILES string of the molecule is CCCCCCCC1CCC(CCC2(F)C=CC=CC2F)CC1. The molecular weight excluding hydrogens is 290 g/mol. The van der Waals surface area contributed by atoms with Gasteiger partial charge in [0.25, 0.3) is 0 Å². The maximum absolute atomic E-state index is 14.6. The van der Waals surface area contributed by atoms with E-state index in [4.69, 9.17) is 0 Å². The summed E-state index contributed by atoms with van der Waals surface area (Å²) in [6.45, 7) is 2.26. The van der Waals surface area contributed by atoms with E-state index >= 15 is 0 Å². The topological polar surface area (TPSA) is 0 Å². The Labute approximate surface area is 141 Å². The molecule has 0 spiro atoms. The lowest BCUT2D eigenvalue weighted by atomic mass is 9.76. The molecule has 132 valence electrons. The monoisotopic (exact) mass is 324 g/mol. The molecule has 23 heavy (non-hydrogen) atoms. The van der Waals surface area contributed by atoms with Crippen molar-refractivity contribution in [3.8, 4) is 0 Å². The zero-order chi connectivity index (χ0) is 16.5. The van der Waals surface area contributed by atoms with Crippen molar-refractivity contribution < 1.29 is 8.78 Å². The van der Waals surface area contributed by atoms with Crippen LogP contribution in [0, 0.1) is 11.8 Å². The third-order valence-corrected chi connectivity index (χ3v) is 5.84. The van der Waals surface area contributed by atoms with Gasteiger partial charge in [0.15, 0.2) is 11.8 Å². The number of hydrogen-bond donors (Lipinski definition) is 0. The number of rotatable bonds is 9. The molecule has 0 bridgehead atoms. The number of halogens is 2. The molecule has 0 nitrogen and oxygen atoms in total. The van der Waals surface area contributed by atoms with Gasteiger partial charge in [-0.15, -0.1) is 0 Å². The van der Waals surface area contributed by atoms with Gasteiger partial charge < -0.3 is 0 Å². The van der Waals surface area contributed by atoms with Crippen LogP contribution in [0.15, 0.2) is 24.3 Å². The average Bonchev–Trinajstić information content (AvgIpc) is 2.57. The predicted molar refractivity (Wildman–Crippen MR) is 95.1 cm³/mol. The molecule has 0 aromatic carbocycles. The van der Waals surface area contributed by atoms with E-state index in [0.717, 1.165) is 12.3 Å². The minimum Gasteiger partial charge on any atom is -0.239 e. The van der Waals surface area contributed by atoms with Crippen molar-refractivity contribution in [1.29, 1.82) is 0 Å². The molecule has 0 saturated heterocycles. The highest BCUT2D eigenvalue weighted by molar-refractivity contribution is 5.22. The van der Waals surface area contributed by atoms with Crippen LogP contribution in [0.1, 0.15) is 84.0 Å². The van der Waals surface area contributed by atoms with E-state index < -0.39 is 11.8 Å². The molecule has 1 fully saturated rings. The second-order valence-corrected chi connectivity index (χ2v) is 7.70. The molecule has 0 radical (unpaired) electrons. The number of alkyl halides is 2. The van der Waals surface area contributed by atoms with Gasteiger partial charge in [0.2, 0.25) is 0 Å². The molecule has 0 N–H and O–H groups in total. The van der Waals surface area contributed by atoms with Gasteiger partial charge in [-0.25, -0.2) is 8.78 Å². The zero-order valence-electron chi connectivity index (χ0n) is 14.8. The minimum atomic E-state index is -1.76. The number of hydrogen-bond acceptors (Lipinski definition) is 0. The Morgan fingerprint density at radius 3 is 2.22 bits per heavy atom.